The largest absolute Gasteiger partial charge is 0.370 e. The molecule has 2 aromatic carbocycles. The molecule has 6 heteroatoms. The van der Waals surface area contributed by atoms with Gasteiger partial charge in [-0.15, -0.1) is 24.8 Å². The van der Waals surface area contributed by atoms with Gasteiger partial charge in [0.15, 0.2) is 0 Å². The summed E-state index contributed by atoms with van der Waals surface area (Å²) in [6.45, 7) is 3.88. The average Bonchev–Trinajstić information content (AvgIpc) is 3.26. The number of rotatable bonds is 3. The number of anilines is 2. The second kappa shape index (κ2) is 8.56. The maximum atomic E-state index is 12.6. The lowest BCUT2D eigenvalue weighted by atomic mass is 10.1. The van der Waals surface area contributed by atoms with Crippen LogP contribution >= 0.6 is 24.8 Å². The van der Waals surface area contributed by atoms with Crippen LogP contribution in [0.4, 0.5) is 11.4 Å². The third kappa shape index (κ3) is 4.09. The number of hydrogen-bond donors (Lipinski definition) is 2. The van der Waals surface area contributed by atoms with E-state index in [0.717, 1.165) is 43.1 Å². The number of nitrogens with one attached hydrogen (secondary N) is 2. The molecule has 4 rings (SSSR count). The van der Waals surface area contributed by atoms with Gasteiger partial charge in [-0.1, -0.05) is 18.2 Å². The van der Waals surface area contributed by atoms with Crippen LogP contribution in [0, 0.1) is 0 Å². The monoisotopic (exact) mass is 379 g/mol. The molecule has 1 fully saturated rings. The Labute approximate surface area is 160 Å². The molecule has 0 radical (unpaired) electrons. The molecule has 134 valence electrons. The van der Waals surface area contributed by atoms with Gasteiger partial charge in [0.1, 0.15) is 0 Å². The number of hydrogen-bond acceptors (Lipinski definition) is 3. The summed E-state index contributed by atoms with van der Waals surface area (Å²) in [5.74, 6) is -0.0358. The van der Waals surface area contributed by atoms with Crippen molar-refractivity contribution in [1.29, 1.82) is 0 Å². The molecule has 1 amide bonds. The van der Waals surface area contributed by atoms with E-state index in [0.29, 0.717) is 0 Å². The average molecular weight is 380 g/mol. The molecule has 0 unspecified atom stereocenters. The van der Waals surface area contributed by atoms with Crippen LogP contribution in [0.3, 0.4) is 0 Å². The van der Waals surface area contributed by atoms with Gasteiger partial charge in [-0.3, -0.25) is 4.79 Å². The van der Waals surface area contributed by atoms with Crippen molar-refractivity contribution in [2.24, 2.45) is 0 Å². The van der Waals surface area contributed by atoms with E-state index >= 15 is 0 Å². The van der Waals surface area contributed by atoms with Crippen LogP contribution in [0.25, 0.3) is 0 Å². The van der Waals surface area contributed by atoms with Crippen molar-refractivity contribution in [3.63, 3.8) is 0 Å². The van der Waals surface area contributed by atoms with E-state index in [2.05, 4.69) is 27.7 Å². The second-order valence-corrected chi connectivity index (χ2v) is 6.25. The van der Waals surface area contributed by atoms with Crippen LogP contribution in [0.2, 0.25) is 0 Å². The Balaban J connectivity index is 0.00000113. The number of nitrogens with zero attached hydrogens (tertiary/aromatic N) is 1. The first kappa shape index (κ1) is 19.6. The van der Waals surface area contributed by atoms with Gasteiger partial charge in [0.2, 0.25) is 0 Å². The molecule has 0 aliphatic carbocycles. The fourth-order valence-electron chi connectivity index (χ4n) is 3.44. The summed E-state index contributed by atoms with van der Waals surface area (Å²) in [6.07, 6.45) is 2.44. The van der Waals surface area contributed by atoms with Gasteiger partial charge < -0.3 is 15.5 Å². The van der Waals surface area contributed by atoms with Gasteiger partial charge in [-0.05, 0) is 48.2 Å². The van der Waals surface area contributed by atoms with Crippen molar-refractivity contribution in [3.05, 3.63) is 59.2 Å². The molecule has 0 atom stereocenters. The highest BCUT2D eigenvalue weighted by Crippen LogP contribution is 2.29. The maximum Gasteiger partial charge on any atom is 0.255 e. The van der Waals surface area contributed by atoms with Gasteiger partial charge in [0, 0.05) is 31.7 Å². The molecule has 2 N–H and O–H groups in total. The lowest BCUT2D eigenvalue weighted by molar-refractivity contribution is 0.102. The summed E-state index contributed by atoms with van der Waals surface area (Å²) in [7, 11) is 0. The molecule has 2 aliphatic rings. The van der Waals surface area contributed by atoms with Gasteiger partial charge in [0.25, 0.3) is 5.91 Å². The molecule has 0 bridgehead atoms. The molecule has 2 heterocycles. The first-order valence-corrected chi connectivity index (χ1v) is 8.29. The maximum absolute atomic E-state index is 12.6. The fourth-order valence-corrected chi connectivity index (χ4v) is 3.44. The van der Waals surface area contributed by atoms with Crippen molar-refractivity contribution in [2.45, 2.75) is 25.9 Å². The van der Waals surface area contributed by atoms with E-state index in [1.807, 2.05) is 30.3 Å². The minimum Gasteiger partial charge on any atom is -0.370 e. The lowest BCUT2D eigenvalue weighted by Crippen LogP contribution is -2.21. The van der Waals surface area contributed by atoms with Crippen molar-refractivity contribution in [1.82, 2.24) is 5.32 Å². The highest BCUT2D eigenvalue weighted by molar-refractivity contribution is 6.06. The topological polar surface area (TPSA) is 44.4 Å². The van der Waals surface area contributed by atoms with Crippen LogP contribution in [-0.2, 0) is 13.1 Å². The predicted octanol–water partition coefficient (Wildman–Crippen LogP) is 3.99. The number of carbonyl (C=O) groups excluding carboxylic acids is 1. The van der Waals surface area contributed by atoms with E-state index in [1.165, 1.54) is 24.0 Å². The smallest absolute Gasteiger partial charge is 0.255 e. The Bertz CT molecular complexity index is 745. The number of fused-ring (bicyclic) bond motifs is 1. The quantitative estimate of drug-likeness (QED) is 0.847. The SMILES string of the molecule is Cl.Cl.O=C(Nc1ccccc1N1CCCC1)c1ccc2c(c1)CNC2. The fraction of sp³-hybridized carbons (Fsp3) is 0.316. The van der Waals surface area contributed by atoms with E-state index in [4.69, 9.17) is 0 Å². The van der Waals surface area contributed by atoms with Crippen molar-refractivity contribution in [3.8, 4) is 0 Å². The molecule has 0 spiro atoms. The van der Waals surface area contributed by atoms with Gasteiger partial charge >= 0.3 is 0 Å². The van der Waals surface area contributed by atoms with E-state index in [-0.39, 0.29) is 30.7 Å². The first-order chi connectivity index (χ1) is 11.3. The minimum atomic E-state index is -0.0358. The summed E-state index contributed by atoms with van der Waals surface area (Å²) >= 11 is 0. The van der Waals surface area contributed by atoms with Crippen LogP contribution in [0.1, 0.15) is 34.3 Å². The number of para-hydroxylation sites is 2. The van der Waals surface area contributed by atoms with E-state index in [9.17, 15) is 4.79 Å². The summed E-state index contributed by atoms with van der Waals surface area (Å²) in [5, 5.41) is 6.41. The summed E-state index contributed by atoms with van der Waals surface area (Å²) in [6, 6.07) is 14.1. The molecular formula is C19H23Cl2N3O. The Morgan fingerprint density at radius 2 is 1.68 bits per heavy atom. The van der Waals surface area contributed by atoms with Gasteiger partial charge in [-0.2, -0.15) is 0 Å². The normalized spacial score (nSPS) is 15.1. The minimum absolute atomic E-state index is 0. The van der Waals surface area contributed by atoms with Gasteiger partial charge in [-0.25, -0.2) is 0 Å². The second-order valence-electron chi connectivity index (χ2n) is 6.25. The first-order valence-electron chi connectivity index (χ1n) is 8.29. The number of carbonyl (C=O) groups is 1. The number of halogens is 2. The summed E-state index contributed by atoms with van der Waals surface area (Å²) in [4.78, 5) is 15.0. The Kier molecular flexibility index (Phi) is 6.71. The van der Waals surface area contributed by atoms with Crippen molar-refractivity contribution >= 4 is 42.1 Å². The van der Waals surface area contributed by atoms with Crippen LogP contribution in [0.15, 0.2) is 42.5 Å². The molecule has 2 aliphatic heterocycles. The third-order valence-corrected chi connectivity index (χ3v) is 4.70. The van der Waals surface area contributed by atoms with Crippen LogP contribution in [0.5, 0.6) is 0 Å². The van der Waals surface area contributed by atoms with Crippen LogP contribution in [-0.4, -0.2) is 19.0 Å². The highest BCUT2D eigenvalue weighted by atomic mass is 35.5. The zero-order valence-electron chi connectivity index (χ0n) is 14.0. The zero-order chi connectivity index (χ0) is 15.6. The molecule has 1 saturated heterocycles. The lowest BCUT2D eigenvalue weighted by Gasteiger charge is -2.21. The molecule has 4 nitrogen and oxygen atoms in total. The van der Waals surface area contributed by atoms with Gasteiger partial charge in [0.05, 0.1) is 11.4 Å². The zero-order valence-corrected chi connectivity index (χ0v) is 15.6. The summed E-state index contributed by atoms with van der Waals surface area (Å²) in [5.41, 5.74) is 5.27. The Hall–Kier alpha value is -1.75. The highest BCUT2D eigenvalue weighted by Gasteiger charge is 2.18. The number of benzene rings is 2. The standard InChI is InChI=1S/C19H21N3O.2ClH/c23-19(14-7-8-15-12-20-13-16(15)11-14)21-17-5-1-2-6-18(17)22-9-3-4-10-22;;/h1-2,5-8,11,20H,3-4,9-10,12-13H2,(H,21,23);2*1H. The van der Waals surface area contributed by atoms with Crippen molar-refractivity contribution in [2.75, 3.05) is 23.3 Å². The molecule has 25 heavy (non-hydrogen) atoms. The number of amides is 1. The third-order valence-electron chi connectivity index (χ3n) is 4.70. The Morgan fingerprint density at radius 1 is 0.960 bits per heavy atom. The molecule has 2 aromatic rings. The molecule has 0 saturated carbocycles. The molecular weight excluding hydrogens is 357 g/mol. The predicted molar refractivity (Wildman–Crippen MR) is 107 cm³/mol. The van der Waals surface area contributed by atoms with E-state index < -0.39 is 0 Å². The summed E-state index contributed by atoms with van der Waals surface area (Å²) < 4.78 is 0. The van der Waals surface area contributed by atoms with E-state index in [1.54, 1.807) is 0 Å². The Morgan fingerprint density at radius 3 is 2.48 bits per heavy atom. The molecule has 0 aromatic heterocycles. The van der Waals surface area contributed by atoms with Crippen molar-refractivity contribution < 1.29 is 4.79 Å². The van der Waals surface area contributed by atoms with Crippen LogP contribution < -0.4 is 15.5 Å².